The lowest BCUT2D eigenvalue weighted by molar-refractivity contribution is 0.0801. The highest BCUT2D eigenvalue weighted by Crippen LogP contribution is 2.25. The number of piperidine rings is 1. The molecular weight excluding hydrogens is 446 g/mol. The lowest BCUT2D eigenvalue weighted by Crippen LogP contribution is -2.35. The fraction of sp³-hybridized carbons (Fsp3) is 0.565. The molecule has 3 N–H and O–H groups in total. The number of anilines is 1. The van der Waals surface area contributed by atoms with Crippen molar-refractivity contribution in [2.24, 2.45) is 5.92 Å². The SMILES string of the molecule is Cc1cc(OCCCC2CCN(c3ncc(Cl)cn3)CC2)nc(C)c1C(=O)NCC(O)CO. The molecule has 9 nitrogen and oxygen atoms in total. The van der Waals surface area contributed by atoms with Gasteiger partial charge in [-0.25, -0.2) is 15.0 Å². The predicted molar refractivity (Wildman–Crippen MR) is 126 cm³/mol. The molecule has 2 aromatic rings. The summed E-state index contributed by atoms with van der Waals surface area (Å²) in [5, 5.41) is 21.4. The third kappa shape index (κ3) is 7.25. The molecule has 0 radical (unpaired) electrons. The van der Waals surface area contributed by atoms with Crippen LogP contribution in [0.5, 0.6) is 5.88 Å². The van der Waals surface area contributed by atoms with Crippen LogP contribution in [0.1, 0.15) is 47.3 Å². The van der Waals surface area contributed by atoms with Gasteiger partial charge in [0.2, 0.25) is 11.8 Å². The number of rotatable bonds is 10. The van der Waals surface area contributed by atoms with Crippen LogP contribution in [0.3, 0.4) is 0 Å². The summed E-state index contributed by atoms with van der Waals surface area (Å²) >= 11 is 5.86. The van der Waals surface area contributed by atoms with Crippen molar-refractivity contribution in [1.82, 2.24) is 20.3 Å². The van der Waals surface area contributed by atoms with E-state index in [2.05, 4.69) is 25.2 Å². The highest BCUT2D eigenvalue weighted by molar-refractivity contribution is 6.30. The normalized spacial score (nSPS) is 15.4. The zero-order valence-corrected chi connectivity index (χ0v) is 19.9. The van der Waals surface area contributed by atoms with E-state index in [-0.39, 0.29) is 12.5 Å². The average molecular weight is 478 g/mol. The molecule has 1 fully saturated rings. The van der Waals surface area contributed by atoms with Crippen molar-refractivity contribution in [2.75, 3.05) is 37.7 Å². The number of nitrogens with zero attached hydrogens (tertiary/aromatic N) is 4. The predicted octanol–water partition coefficient (Wildman–Crippen LogP) is 2.30. The molecule has 0 aliphatic carbocycles. The maximum Gasteiger partial charge on any atom is 0.253 e. The Morgan fingerprint density at radius 1 is 1.30 bits per heavy atom. The Kier molecular flexibility index (Phi) is 9.22. The van der Waals surface area contributed by atoms with Gasteiger partial charge in [-0.05, 0) is 51.0 Å². The van der Waals surface area contributed by atoms with Gasteiger partial charge in [-0.3, -0.25) is 4.79 Å². The highest BCUT2D eigenvalue weighted by atomic mass is 35.5. The number of hydrogen-bond acceptors (Lipinski definition) is 8. The summed E-state index contributed by atoms with van der Waals surface area (Å²) in [6, 6.07) is 1.76. The first-order valence-corrected chi connectivity index (χ1v) is 11.7. The van der Waals surface area contributed by atoms with Gasteiger partial charge in [0.05, 0.1) is 48.0 Å². The van der Waals surface area contributed by atoms with Crippen LogP contribution >= 0.6 is 11.6 Å². The molecule has 0 spiro atoms. The minimum atomic E-state index is -0.983. The molecule has 1 atom stereocenters. The number of aliphatic hydroxyl groups excluding tert-OH is 2. The van der Waals surface area contributed by atoms with Gasteiger partial charge < -0.3 is 25.2 Å². The highest BCUT2D eigenvalue weighted by Gasteiger charge is 2.21. The van der Waals surface area contributed by atoms with Crippen molar-refractivity contribution in [2.45, 2.75) is 45.6 Å². The third-order valence-electron chi connectivity index (χ3n) is 5.82. The first-order chi connectivity index (χ1) is 15.9. The molecule has 33 heavy (non-hydrogen) atoms. The molecule has 1 amide bonds. The number of hydrogen-bond donors (Lipinski definition) is 3. The molecule has 3 heterocycles. The van der Waals surface area contributed by atoms with Gasteiger partial charge in [-0.2, -0.15) is 0 Å². The smallest absolute Gasteiger partial charge is 0.253 e. The Morgan fingerprint density at radius 2 is 2.00 bits per heavy atom. The van der Waals surface area contributed by atoms with Gasteiger partial charge in [-0.15, -0.1) is 0 Å². The summed E-state index contributed by atoms with van der Waals surface area (Å²) in [6.45, 7) is 5.61. The topological polar surface area (TPSA) is 121 Å². The van der Waals surface area contributed by atoms with Gasteiger partial charge in [0.15, 0.2) is 0 Å². The van der Waals surface area contributed by atoms with Crippen LogP contribution < -0.4 is 15.0 Å². The molecule has 180 valence electrons. The number of aromatic nitrogens is 3. The van der Waals surface area contributed by atoms with E-state index in [1.54, 1.807) is 25.4 Å². The number of aryl methyl sites for hydroxylation is 2. The van der Waals surface area contributed by atoms with Gasteiger partial charge in [-0.1, -0.05) is 11.6 Å². The molecule has 1 aliphatic rings. The Balaban J connectivity index is 1.41. The van der Waals surface area contributed by atoms with Crippen LogP contribution in [-0.4, -0.2) is 70.0 Å². The summed E-state index contributed by atoms with van der Waals surface area (Å²) in [7, 11) is 0. The van der Waals surface area contributed by atoms with Crippen LogP contribution in [0.15, 0.2) is 18.5 Å². The number of nitrogens with one attached hydrogen (secondary N) is 1. The molecule has 1 aliphatic heterocycles. The van der Waals surface area contributed by atoms with Crippen molar-refractivity contribution in [3.63, 3.8) is 0 Å². The number of ether oxygens (including phenoxy) is 1. The fourth-order valence-corrected chi connectivity index (χ4v) is 4.11. The summed E-state index contributed by atoms with van der Waals surface area (Å²) in [5.74, 6) is 1.56. The van der Waals surface area contributed by atoms with E-state index in [1.165, 1.54) is 0 Å². The van der Waals surface area contributed by atoms with E-state index in [1.807, 2.05) is 6.92 Å². The molecule has 1 saturated heterocycles. The molecule has 10 heteroatoms. The fourth-order valence-electron chi connectivity index (χ4n) is 4.02. The minimum Gasteiger partial charge on any atom is -0.478 e. The maximum absolute atomic E-state index is 12.4. The van der Waals surface area contributed by atoms with Gasteiger partial charge in [0, 0.05) is 25.7 Å². The number of amides is 1. The van der Waals surface area contributed by atoms with Crippen molar-refractivity contribution < 1.29 is 19.7 Å². The summed E-state index contributed by atoms with van der Waals surface area (Å²) < 4.78 is 5.85. The van der Waals surface area contributed by atoms with Gasteiger partial charge in [0.25, 0.3) is 5.91 Å². The number of carbonyl (C=O) groups excluding carboxylic acids is 1. The van der Waals surface area contributed by atoms with Gasteiger partial charge >= 0.3 is 0 Å². The Bertz CT molecular complexity index is 897. The summed E-state index contributed by atoms with van der Waals surface area (Å²) in [6.07, 6.45) is 6.48. The van der Waals surface area contributed by atoms with Crippen molar-refractivity contribution >= 4 is 23.5 Å². The standard InChI is InChI=1S/C23H32ClN5O4/c1-15-10-20(28-16(2)21(15)22(32)25-13-19(31)14-30)33-9-3-4-17-5-7-29(8-6-17)23-26-11-18(24)12-27-23/h10-12,17,19,30-31H,3-9,13-14H2,1-2H3,(H,25,32). The second kappa shape index (κ2) is 12.1. The monoisotopic (exact) mass is 477 g/mol. The van der Waals surface area contributed by atoms with Crippen LogP contribution in [0, 0.1) is 19.8 Å². The average Bonchev–Trinajstić information content (AvgIpc) is 2.81. The van der Waals surface area contributed by atoms with Crippen LogP contribution in [0.25, 0.3) is 0 Å². The second-order valence-electron chi connectivity index (χ2n) is 8.41. The lowest BCUT2D eigenvalue weighted by Gasteiger charge is -2.31. The van der Waals surface area contributed by atoms with Crippen LogP contribution in [-0.2, 0) is 0 Å². The zero-order valence-electron chi connectivity index (χ0n) is 19.1. The maximum atomic E-state index is 12.4. The van der Waals surface area contributed by atoms with E-state index < -0.39 is 12.7 Å². The van der Waals surface area contributed by atoms with E-state index in [9.17, 15) is 9.90 Å². The van der Waals surface area contributed by atoms with E-state index in [0.717, 1.165) is 50.3 Å². The summed E-state index contributed by atoms with van der Waals surface area (Å²) in [5.41, 5.74) is 1.78. The molecule has 2 aromatic heterocycles. The molecule has 3 rings (SSSR count). The first kappa shape index (κ1) is 25.1. The molecule has 0 saturated carbocycles. The van der Waals surface area contributed by atoms with Crippen molar-refractivity contribution in [3.05, 3.63) is 40.3 Å². The summed E-state index contributed by atoms with van der Waals surface area (Å²) in [4.78, 5) is 27.6. The number of carbonyl (C=O) groups is 1. The Labute approximate surface area is 199 Å². The molecule has 1 unspecified atom stereocenters. The van der Waals surface area contributed by atoms with Crippen LogP contribution in [0.4, 0.5) is 5.95 Å². The van der Waals surface area contributed by atoms with Gasteiger partial charge in [0.1, 0.15) is 0 Å². The zero-order chi connectivity index (χ0) is 23.8. The molecule has 0 bridgehead atoms. The van der Waals surface area contributed by atoms with E-state index >= 15 is 0 Å². The number of halogens is 1. The largest absolute Gasteiger partial charge is 0.478 e. The second-order valence-corrected chi connectivity index (χ2v) is 8.84. The van der Waals surface area contributed by atoms with E-state index in [4.69, 9.17) is 21.4 Å². The third-order valence-corrected chi connectivity index (χ3v) is 6.02. The van der Waals surface area contributed by atoms with Crippen molar-refractivity contribution in [1.29, 1.82) is 0 Å². The number of pyridine rings is 1. The molecule has 0 aromatic carbocycles. The Hall–Kier alpha value is -2.49. The first-order valence-electron chi connectivity index (χ1n) is 11.3. The Morgan fingerprint density at radius 3 is 2.64 bits per heavy atom. The lowest BCUT2D eigenvalue weighted by atomic mass is 9.92. The molecular formula is C23H32ClN5O4. The van der Waals surface area contributed by atoms with Crippen molar-refractivity contribution in [3.8, 4) is 5.88 Å². The minimum absolute atomic E-state index is 0.0158. The van der Waals surface area contributed by atoms with E-state index in [0.29, 0.717) is 34.7 Å². The quantitative estimate of drug-likeness (QED) is 0.446. The number of aliphatic hydroxyl groups is 2. The van der Waals surface area contributed by atoms with Crippen LogP contribution in [0.2, 0.25) is 5.02 Å².